The molecule has 308 valence electrons. The van der Waals surface area contributed by atoms with E-state index >= 15 is 0 Å². The van der Waals surface area contributed by atoms with Gasteiger partial charge in [-0.2, -0.15) is 0 Å². The van der Waals surface area contributed by atoms with Gasteiger partial charge in [-0.3, -0.25) is 4.79 Å². The van der Waals surface area contributed by atoms with Crippen LogP contribution in [0.1, 0.15) is 153 Å². The number of carbonyl (C=O) groups excluding carboxylic acids is 1. The first-order chi connectivity index (χ1) is 29.5. The van der Waals surface area contributed by atoms with E-state index in [0.717, 1.165) is 0 Å². The van der Waals surface area contributed by atoms with Crippen molar-refractivity contribution in [1.82, 2.24) is 0 Å². The maximum absolute atomic E-state index is 14.5. The molecule has 0 N–H and O–H groups in total. The van der Waals surface area contributed by atoms with Crippen molar-refractivity contribution >= 4 is 19.0 Å². The van der Waals surface area contributed by atoms with Gasteiger partial charge in [-0.05, 0) is 123 Å². The molecule has 61 heavy (non-hydrogen) atoms. The van der Waals surface area contributed by atoms with Crippen LogP contribution in [0.5, 0.6) is 0 Å². The Kier molecular flexibility index (Phi) is 12.7. The predicted molar refractivity (Wildman–Crippen MR) is 260 cm³/mol. The number of ketones is 1. The third kappa shape index (κ3) is 8.61. The fourth-order valence-electron chi connectivity index (χ4n) is 10.2. The fourth-order valence-corrected chi connectivity index (χ4v) is 14.1. The topological polar surface area (TPSA) is 17.1 Å². The number of rotatable bonds is 11. The summed E-state index contributed by atoms with van der Waals surface area (Å²) in [5, 5.41) is 1.45. The van der Waals surface area contributed by atoms with Gasteiger partial charge in [-0.25, -0.2) is 0 Å². The zero-order valence-corrected chi connectivity index (χ0v) is 38.2. The van der Waals surface area contributed by atoms with Crippen molar-refractivity contribution in [2.75, 3.05) is 0 Å². The van der Waals surface area contributed by atoms with Crippen molar-refractivity contribution in [3.05, 3.63) is 242 Å². The molecule has 0 aliphatic carbocycles. The third-order valence-electron chi connectivity index (χ3n) is 13.4. The van der Waals surface area contributed by atoms with Crippen LogP contribution in [0.3, 0.4) is 0 Å². The van der Waals surface area contributed by atoms with E-state index in [2.05, 4.69) is 219 Å². The van der Waals surface area contributed by atoms with Crippen molar-refractivity contribution in [3.63, 3.8) is 0 Å². The molecule has 2 heteroatoms. The summed E-state index contributed by atoms with van der Waals surface area (Å²) in [6.07, 6.45) is 1.08. The minimum absolute atomic E-state index is 0.0141. The largest absolute Gasteiger partial charge is 0.300 e. The maximum atomic E-state index is 14.5. The van der Waals surface area contributed by atoms with Gasteiger partial charge in [0, 0.05) is 36.0 Å². The normalized spacial score (nSPS) is 17.7. The smallest absolute Gasteiger partial charge is 0.134 e. The van der Waals surface area contributed by atoms with E-state index in [9.17, 15) is 4.79 Å². The van der Waals surface area contributed by atoms with Crippen molar-refractivity contribution in [2.24, 2.45) is 0 Å². The van der Waals surface area contributed by atoms with Gasteiger partial charge in [-0.15, -0.1) is 0 Å². The summed E-state index contributed by atoms with van der Waals surface area (Å²) in [6.45, 7) is 18.2. The summed E-state index contributed by atoms with van der Waals surface area (Å²) in [5.74, 6) is 1.18. The number of hydrogen-bond donors (Lipinski definition) is 0. The molecule has 4 atom stereocenters. The molecule has 7 aromatic rings. The van der Waals surface area contributed by atoms with Crippen LogP contribution < -0.4 is 5.30 Å². The maximum Gasteiger partial charge on any atom is 0.134 e. The lowest BCUT2D eigenvalue weighted by Gasteiger charge is -2.43. The lowest BCUT2D eigenvalue weighted by molar-refractivity contribution is -0.119. The summed E-state index contributed by atoms with van der Waals surface area (Å²) in [7, 11) is -1.05. The standard InChI is InChI=1S/C59H61OP/c1-38(2)44-28-32-46(33-29-44)53-36-50(60)37-54(47-34-30-45(31-35-47)39(3)4)61(53)59-51(57(48-22-11-9-12-23-48)55-40(5)18-15-19-41(55)6)26-17-27-52(59)58(49-24-13-10-14-25-49)56-42(7)20-16-21-43(56)8/h9-35,38-39,53-54,57-58H,36-37H2,1-8H3. The van der Waals surface area contributed by atoms with Gasteiger partial charge >= 0.3 is 0 Å². The van der Waals surface area contributed by atoms with Crippen LogP contribution in [-0.4, -0.2) is 5.78 Å². The van der Waals surface area contributed by atoms with E-state index in [4.69, 9.17) is 0 Å². The number of Topliss-reactive ketones (excluding diaryl/α,β-unsaturated/α-hetero) is 1. The van der Waals surface area contributed by atoms with Crippen LogP contribution in [0, 0.1) is 27.7 Å². The van der Waals surface area contributed by atoms with Gasteiger partial charge in [0.1, 0.15) is 5.78 Å². The lowest BCUT2D eigenvalue weighted by atomic mass is 9.77. The molecule has 0 bridgehead atoms. The Balaban J connectivity index is 1.52. The summed E-state index contributed by atoms with van der Waals surface area (Å²) in [5.41, 5.74) is 18.5. The zero-order chi connectivity index (χ0) is 42.8. The average molecular weight is 817 g/mol. The van der Waals surface area contributed by atoms with Gasteiger partial charge in [0.2, 0.25) is 0 Å². The van der Waals surface area contributed by atoms with Gasteiger partial charge < -0.3 is 0 Å². The first kappa shape index (κ1) is 42.3. The van der Waals surface area contributed by atoms with E-state index < -0.39 is 7.92 Å². The second kappa shape index (κ2) is 18.3. The molecule has 1 saturated heterocycles. The molecule has 8 rings (SSSR count). The molecule has 1 aliphatic rings. The molecule has 0 spiro atoms. The highest BCUT2D eigenvalue weighted by Gasteiger charge is 2.43. The highest BCUT2D eigenvalue weighted by Crippen LogP contribution is 2.68. The van der Waals surface area contributed by atoms with Gasteiger partial charge in [0.15, 0.2) is 0 Å². The van der Waals surface area contributed by atoms with E-state index in [1.807, 2.05) is 0 Å². The van der Waals surface area contributed by atoms with Crippen LogP contribution in [0.2, 0.25) is 0 Å². The Morgan fingerprint density at radius 3 is 1.10 bits per heavy atom. The third-order valence-corrected chi connectivity index (χ3v) is 16.7. The minimum atomic E-state index is -1.05. The Bertz CT molecular complexity index is 2390. The molecule has 1 aliphatic heterocycles. The second-order valence-corrected chi connectivity index (χ2v) is 20.6. The molecule has 4 unspecified atom stereocenters. The Hall–Kier alpha value is -5.36. The monoisotopic (exact) mass is 816 g/mol. The van der Waals surface area contributed by atoms with E-state index in [1.54, 1.807) is 0 Å². The van der Waals surface area contributed by atoms with Crippen LogP contribution in [0.25, 0.3) is 0 Å². The lowest BCUT2D eigenvalue weighted by Crippen LogP contribution is -2.30. The Morgan fingerprint density at radius 1 is 0.410 bits per heavy atom. The zero-order valence-electron chi connectivity index (χ0n) is 37.3. The number of benzene rings is 7. The highest BCUT2D eigenvalue weighted by atomic mass is 31.1. The van der Waals surface area contributed by atoms with Crippen molar-refractivity contribution < 1.29 is 4.79 Å². The SMILES string of the molecule is Cc1cccc(C)c1C(c1ccccc1)c1cccc(C(c2ccccc2)c2c(C)cccc2C)c1P1C(c2ccc(C(C)C)cc2)CC(=O)CC1c1ccc(C(C)C)cc1. The van der Waals surface area contributed by atoms with E-state index in [-0.39, 0.29) is 23.2 Å². The first-order valence-electron chi connectivity index (χ1n) is 22.4. The summed E-state index contributed by atoms with van der Waals surface area (Å²) in [4.78, 5) is 14.5. The van der Waals surface area contributed by atoms with Gasteiger partial charge in [-0.1, -0.05) is 199 Å². The van der Waals surface area contributed by atoms with Crippen LogP contribution in [-0.2, 0) is 4.79 Å². The fraction of sp³-hybridized carbons (Fsp3) is 0.271. The number of hydrogen-bond acceptors (Lipinski definition) is 1. The summed E-state index contributed by atoms with van der Waals surface area (Å²) in [6, 6.07) is 61.9. The summed E-state index contributed by atoms with van der Waals surface area (Å²) >= 11 is 0. The predicted octanol–water partition coefficient (Wildman–Crippen LogP) is 15.5. The van der Waals surface area contributed by atoms with Crippen molar-refractivity contribution in [3.8, 4) is 0 Å². The van der Waals surface area contributed by atoms with Crippen LogP contribution >= 0.6 is 7.92 Å². The van der Waals surface area contributed by atoms with Crippen LogP contribution in [0.4, 0.5) is 0 Å². The number of aryl methyl sites for hydroxylation is 4. The second-order valence-electron chi connectivity index (χ2n) is 18.1. The molecule has 0 saturated carbocycles. The minimum Gasteiger partial charge on any atom is -0.300 e. The average Bonchev–Trinajstić information content (AvgIpc) is 3.26. The van der Waals surface area contributed by atoms with E-state index in [1.165, 1.54) is 83.2 Å². The Morgan fingerprint density at radius 2 is 0.754 bits per heavy atom. The molecular weight excluding hydrogens is 756 g/mol. The quantitative estimate of drug-likeness (QED) is 0.0939. The molecule has 0 aromatic heterocycles. The van der Waals surface area contributed by atoms with Gasteiger partial charge in [0.25, 0.3) is 0 Å². The molecule has 1 fully saturated rings. The van der Waals surface area contributed by atoms with Crippen LogP contribution in [0.15, 0.2) is 164 Å². The molecule has 0 radical (unpaired) electrons. The Labute approximate surface area is 367 Å². The van der Waals surface area contributed by atoms with E-state index in [0.29, 0.717) is 30.5 Å². The van der Waals surface area contributed by atoms with Crippen molar-refractivity contribution in [2.45, 2.75) is 103 Å². The highest BCUT2D eigenvalue weighted by molar-refractivity contribution is 7.66. The molecule has 1 heterocycles. The molecule has 7 aromatic carbocycles. The molecule has 1 nitrogen and oxygen atoms in total. The van der Waals surface area contributed by atoms with Gasteiger partial charge in [0.05, 0.1) is 0 Å². The molecular formula is C59H61OP. The summed E-state index contributed by atoms with van der Waals surface area (Å²) < 4.78 is 0. The van der Waals surface area contributed by atoms with Crippen molar-refractivity contribution in [1.29, 1.82) is 0 Å². The number of carbonyl (C=O) groups is 1. The molecule has 0 amide bonds. The first-order valence-corrected chi connectivity index (χ1v) is 23.8.